The quantitative estimate of drug-likeness (QED) is 0.436. The summed E-state index contributed by atoms with van der Waals surface area (Å²) in [5, 5.41) is 12.2. The molecule has 1 atom stereocenters. The first-order chi connectivity index (χ1) is 13.7. The lowest BCUT2D eigenvalue weighted by atomic mass is 10.2. The van der Waals surface area contributed by atoms with Gasteiger partial charge in [-0.25, -0.2) is 4.39 Å². The third kappa shape index (κ3) is 4.27. The van der Waals surface area contributed by atoms with Gasteiger partial charge in [0.1, 0.15) is 5.82 Å². The lowest BCUT2D eigenvalue weighted by Crippen LogP contribution is -2.16. The first kappa shape index (κ1) is 19.9. The maximum atomic E-state index is 14.1. The van der Waals surface area contributed by atoms with Crippen molar-refractivity contribution < 1.29 is 9.13 Å². The molecule has 0 aliphatic carbocycles. The Bertz CT molecular complexity index is 933. The molecule has 28 heavy (non-hydrogen) atoms. The second kappa shape index (κ2) is 8.95. The molecule has 1 aliphatic rings. The minimum atomic E-state index is -0.296. The van der Waals surface area contributed by atoms with Crippen LogP contribution < -0.4 is 0 Å². The van der Waals surface area contributed by atoms with Crippen LogP contribution in [-0.2, 0) is 23.5 Å². The Morgan fingerprint density at radius 2 is 2.29 bits per heavy atom. The van der Waals surface area contributed by atoms with Crippen LogP contribution in [0.4, 0.5) is 4.39 Å². The van der Waals surface area contributed by atoms with E-state index >= 15 is 0 Å². The fraction of sp³-hybridized carbons (Fsp3) is 0.400. The van der Waals surface area contributed by atoms with E-state index in [1.54, 1.807) is 23.5 Å². The summed E-state index contributed by atoms with van der Waals surface area (Å²) >= 11 is 9.36. The Labute approximate surface area is 177 Å². The molecule has 3 heterocycles. The molecule has 0 amide bonds. The standard InChI is InChI=1S/C20H21ClFN3OS2/c1-2-15-9-13(11-27-15)19-23-24-20(25(19)10-14-5-4-8-26-14)28-12-16-17(21)6-3-7-18(16)22/h3,6-7,9,11,14H,2,4-5,8,10,12H2,1H3. The Kier molecular flexibility index (Phi) is 6.35. The third-order valence-electron chi connectivity index (χ3n) is 4.79. The van der Waals surface area contributed by atoms with Crippen molar-refractivity contribution in [1.29, 1.82) is 0 Å². The van der Waals surface area contributed by atoms with Crippen LogP contribution in [0, 0.1) is 5.82 Å². The summed E-state index contributed by atoms with van der Waals surface area (Å²) in [5.74, 6) is 0.948. The van der Waals surface area contributed by atoms with E-state index in [9.17, 15) is 4.39 Å². The number of halogens is 2. The Morgan fingerprint density at radius 3 is 3.00 bits per heavy atom. The fourth-order valence-corrected chi connectivity index (χ4v) is 5.36. The molecule has 1 saturated heterocycles. The van der Waals surface area contributed by atoms with E-state index in [-0.39, 0.29) is 11.9 Å². The van der Waals surface area contributed by atoms with Gasteiger partial charge in [0.25, 0.3) is 0 Å². The normalized spacial score (nSPS) is 16.8. The zero-order valence-corrected chi connectivity index (χ0v) is 17.9. The van der Waals surface area contributed by atoms with Gasteiger partial charge in [0.15, 0.2) is 11.0 Å². The van der Waals surface area contributed by atoms with Gasteiger partial charge in [0.05, 0.1) is 12.6 Å². The van der Waals surface area contributed by atoms with E-state index in [1.807, 2.05) is 0 Å². The van der Waals surface area contributed by atoms with E-state index in [2.05, 4.69) is 33.1 Å². The molecule has 0 N–H and O–H groups in total. The SMILES string of the molecule is CCc1cc(-c2nnc(SCc3c(F)cccc3Cl)n2CC2CCCO2)cs1. The number of hydrogen-bond acceptors (Lipinski definition) is 5. The van der Waals surface area contributed by atoms with Crippen LogP contribution in [0.1, 0.15) is 30.2 Å². The van der Waals surface area contributed by atoms with Gasteiger partial charge in [0, 0.05) is 38.8 Å². The third-order valence-corrected chi connectivity index (χ3v) is 7.22. The van der Waals surface area contributed by atoms with Gasteiger partial charge < -0.3 is 4.74 Å². The Morgan fingerprint density at radius 1 is 1.39 bits per heavy atom. The number of thiophene rings is 1. The van der Waals surface area contributed by atoms with Gasteiger partial charge in [-0.1, -0.05) is 36.4 Å². The van der Waals surface area contributed by atoms with Crippen LogP contribution in [-0.4, -0.2) is 27.5 Å². The molecule has 148 valence electrons. The maximum Gasteiger partial charge on any atom is 0.191 e. The van der Waals surface area contributed by atoms with Crippen LogP contribution in [0.5, 0.6) is 0 Å². The van der Waals surface area contributed by atoms with Crippen LogP contribution in [0.15, 0.2) is 34.8 Å². The predicted molar refractivity (Wildman–Crippen MR) is 113 cm³/mol. The molecule has 2 aromatic heterocycles. The first-order valence-electron chi connectivity index (χ1n) is 9.34. The molecule has 4 rings (SSSR count). The van der Waals surface area contributed by atoms with Crippen molar-refractivity contribution in [3.63, 3.8) is 0 Å². The molecule has 0 saturated carbocycles. The maximum absolute atomic E-state index is 14.1. The summed E-state index contributed by atoms with van der Waals surface area (Å²) in [5.41, 5.74) is 1.56. The topological polar surface area (TPSA) is 39.9 Å². The summed E-state index contributed by atoms with van der Waals surface area (Å²) in [6.45, 7) is 3.65. The molecular weight excluding hydrogens is 417 g/mol. The fourth-order valence-electron chi connectivity index (χ4n) is 3.26. The smallest absolute Gasteiger partial charge is 0.191 e. The van der Waals surface area contributed by atoms with Crippen molar-refractivity contribution >= 4 is 34.7 Å². The monoisotopic (exact) mass is 437 g/mol. The zero-order chi connectivity index (χ0) is 19.5. The van der Waals surface area contributed by atoms with Crippen LogP contribution >= 0.6 is 34.7 Å². The molecule has 1 fully saturated rings. The van der Waals surface area contributed by atoms with Gasteiger partial charge in [-0.3, -0.25) is 4.57 Å². The molecular formula is C20H21ClFN3OS2. The highest BCUT2D eigenvalue weighted by Crippen LogP contribution is 2.32. The van der Waals surface area contributed by atoms with Crippen molar-refractivity contribution in [2.75, 3.05) is 6.61 Å². The number of aromatic nitrogens is 3. The molecule has 1 unspecified atom stereocenters. The van der Waals surface area contributed by atoms with Gasteiger partial charge in [-0.05, 0) is 37.5 Å². The molecule has 0 radical (unpaired) electrons. The second-order valence-corrected chi connectivity index (χ2v) is 9.04. The number of nitrogens with zero attached hydrogens (tertiary/aromatic N) is 3. The van der Waals surface area contributed by atoms with Crippen molar-refractivity contribution in [1.82, 2.24) is 14.8 Å². The summed E-state index contributed by atoms with van der Waals surface area (Å²) < 4.78 is 22.1. The Balaban J connectivity index is 1.62. The highest BCUT2D eigenvalue weighted by molar-refractivity contribution is 7.98. The van der Waals surface area contributed by atoms with E-state index in [1.165, 1.54) is 22.7 Å². The van der Waals surface area contributed by atoms with E-state index in [0.29, 0.717) is 22.9 Å². The van der Waals surface area contributed by atoms with E-state index < -0.39 is 0 Å². The van der Waals surface area contributed by atoms with Crippen LogP contribution in [0.2, 0.25) is 5.02 Å². The lowest BCUT2D eigenvalue weighted by Gasteiger charge is -2.14. The van der Waals surface area contributed by atoms with Gasteiger partial charge in [-0.2, -0.15) is 0 Å². The summed E-state index contributed by atoms with van der Waals surface area (Å²) in [7, 11) is 0. The lowest BCUT2D eigenvalue weighted by molar-refractivity contribution is 0.0953. The van der Waals surface area contributed by atoms with Crippen molar-refractivity contribution in [2.24, 2.45) is 0 Å². The minimum absolute atomic E-state index is 0.162. The molecule has 1 aliphatic heterocycles. The number of aryl methyl sites for hydroxylation is 1. The molecule has 0 spiro atoms. The summed E-state index contributed by atoms with van der Waals surface area (Å²) in [6, 6.07) is 6.93. The number of hydrogen-bond donors (Lipinski definition) is 0. The molecule has 0 bridgehead atoms. The van der Waals surface area contributed by atoms with Crippen molar-refractivity contribution in [2.45, 2.75) is 49.7 Å². The zero-order valence-electron chi connectivity index (χ0n) is 15.5. The van der Waals surface area contributed by atoms with Gasteiger partial charge in [0.2, 0.25) is 0 Å². The molecule has 4 nitrogen and oxygen atoms in total. The number of thioether (sulfide) groups is 1. The van der Waals surface area contributed by atoms with Gasteiger partial charge in [-0.15, -0.1) is 21.5 Å². The highest BCUT2D eigenvalue weighted by atomic mass is 35.5. The van der Waals surface area contributed by atoms with Crippen LogP contribution in [0.3, 0.4) is 0 Å². The Hall–Kier alpha value is -1.41. The second-order valence-electron chi connectivity index (χ2n) is 6.70. The summed E-state index contributed by atoms with van der Waals surface area (Å²) in [4.78, 5) is 1.31. The average Bonchev–Trinajstić information content (AvgIpc) is 3.43. The highest BCUT2D eigenvalue weighted by Gasteiger charge is 2.22. The largest absolute Gasteiger partial charge is 0.376 e. The van der Waals surface area contributed by atoms with Crippen LogP contribution in [0.25, 0.3) is 11.4 Å². The molecule has 1 aromatic carbocycles. The van der Waals surface area contributed by atoms with Crippen molar-refractivity contribution in [3.8, 4) is 11.4 Å². The first-order valence-corrected chi connectivity index (χ1v) is 11.6. The van der Waals surface area contributed by atoms with Crippen molar-refractivity contribution in [3.05, 3.63) is 50.9 Å². The number of benzene rings is 1. The number of rotatable bonds is 7. The molecule has 8 heteroatoms. The summed E-state index contributed by atoms with van der Waals surface area (Å²) in [6.07, 6.45) is 3.27. The van der Waals surface area contributed by atoms with E-state index in [0.717, 1.165) is 42.4 Å². The average molecular weight is 438 g/mol. The van der Waals surface area contributed by atoms with E-state index in [4.69, 9.17) is 16.3 Å². The predicted octanol–water partition coefficient (Wildman–Crippen LogP) is 5.83. The minimum Gasteiger partial charge on any atom is -0.376 e. The van der Waals surface area contributed by atoms with Gasteiger partial charge >= 0.3 is 0 Å². The number of ether oxygens (including phenoxy) is 1. The molecule has 3 aromatic rings.